The van der Waals surface area contributed by atoms with Crippen LogP contribution in [-0.4, -0.2) is 28.7 Å². The van der Waals surface area contributed by atoms with Crippen molar-refractivity contribution >= 4 is 27.5 Å². The first-order chi connectivity index (χ1) is 10.3. The van der Waals surface area contributed by atoms with Crippen LogP contribution in [0.3, 0.4) is 0 Å². The lowest BCUT2D eigenvalue weighted by Crippen LogP contribution is -2.28. The van der Waals surface area contributed by atoms with Gasteiger partial charge in [-0.25, -0.2) is 0 Å². The molecule has 2 N–H and O–H groups in total. The van der Waals surface area contributed by atoms with E-state index in [-0.39, 0.29) is 19.1 Å². The summed E-state index contributed by atoms with van der Waals surface area (Å²) in [5.41, 5.74) is 2.85. The van der Waals surface area contributed by atoms with E-state index in [0.29, 0.717) is 12.2 Å². The fraction of sp³-hybridized carbons (Fsp3) is 0.188. The highest BCUT2D eigenvalue weighted by Gasteiger charge is 2.16. The molecule has 0 radical (unpaired) electrons. The Morgan fingerprint density at radius 3 is 2.81 bits per heavy atom. The summed E-state index contributed by atoms with van der Waals surface area (Å²) in [6.45, 7) is 0.867. The van der Waals surface area contributed by atoms with Gasteiger partial charge in [0.1, 0.15) is 5.69 Å². The second-order valence-corrected chi connectivity index (χ2v) is 5.70. The van der Waals surface area contributed by atoms with Crippen LogP contribution in [0, 0.1) is 0 Å². The number of amides is 1. The standard InChI is InChI=1S/C16H16N2O2S/c19-8-7-17-16(20)14-10-15-13(6-9-21-15)18(14)11-12-4-2-1-3-5-12/h1-6,9-10,19H,7-8,11H2,(H,17,20). The van der Waals surface area contributed by atoms with Crippen LogP contribution in [-0.2, 0) is 6.54 Å². The molecule has 0 unspecified atom stereocenters. The molecule has 2 heterocycles. The summed E-state index contributed by atoms with van der Waals surface area (Å²) in [5, 5.41) is 13.6. The van der Waals surface area contributed by atoms with Crippen LogP contribution in [0.4, 0.5) is 0 Å². The van der Waals surface area contributed by atoms with Crippen LogP contribution in [0.15, 0.2) is 47.8 Å². The first kappa shape index (κ1) is 13.9. The summed E-state index contributed by atoms with van der Waals surface area (Å²) in [7, 11) is 0. The summed E-state index contributed by atoms with van der Waals surface area (Å²) in [4.78, 5) is 12.2. The van der Waals surface area contributed by atoms with Gasteiger partial charge >= 0.3 is 0 Å². The van der Waals surface area contributed by atoms with Gasteiger partial charge in [-0.15, -0.1) is 11.3 Å². The lowest BCUT2D eigenvalue weighted by molar-refractivity contribution is 0.0936. The van der Waals surface area contributed by atoms with Crippen molar-refractivity contribution in [3.8, 4) is 0 Å². The van der Waals surface area contributed by atoms with Crippen molar-refractivity contribution in [2.24, 2.45) is 0 Å². The van der Waals surface area contributed by atoms with Gasteiger partial charge in [0.15, 0.2) is 0 Å². The van der Waals surface area contributed by atoms with Crippen molar-refractivity contribution < 1.29 is 9.90 Å². The minimum absolute atomic E-state index is 0.0561. The number of nitrogens with one attached hydrogen (secondary N) is 1. The zero-order valence-electron chi connectivity index (χ0n) is 11.5. The maximum absolute atomic E-state index is 12.2. The molecular formula is C16H16N2O2S. The Morgan fingerprint density at radius 2 is 2.05 bits per heavy atom. The predicted molar refractivity (Wildman–Crippen MR) is 84.8 cm³/mol. The second-order valence-electron chi connectivity index (χ2n) is 4.75. The first-order valence-electron chi connectivity index (χ1n) is 6.79. The minimum atomic E-state index is -0.150. The molecule has 1 amide bonds. The lowest BCUT2D eigenvalue weighted by atomic mass is 10.2. The lowest BCUT2D eigenvalue weighted by Gasteiger charge is -2.10. The molecule has 5 heteroatoms. The normalized spacial score (nSPS) is 10.9. The third kappa shape index (κ3) is 2.84. The number of rotatable bonds is 5. The maximum Gasteiger partial charge on any atom is 0.268 e. The van der Waals surface area contributed by atoms with Gasteiger partial charge in [0.25, 0.3) is 5.91 Å². The highest BCUT2D eigenvalue weighted by atomic mass is 32.1. The molecule has 108 valence electrons. The molecule has 0 atom stereocenters. The molecule has 3 rings (SSSR count). The fourth-order valence-corrected chi connectivity index (χ4v) is 3.18. The Morgan fingerprint density at radius 1 is 1.24 bits per heavy atom. The number of carbonyl (C=O) groups excluding carboxylic acids is 1. The molecule has 0 aliphatic carbocycles. The molecule has 0 saturated heterocycles. The number of carbonyl (C=O) groups is 1. The number of aliphatic hydroxyl groups excluding tert-OH is 1. The number of aliphatic hydroxyl groups is 1. The second kappa shape index (κ2) is 6.11. The highest BCUT2D eigenvalue weighted by Crippen LogP contribution is 2.26. The molecule has 0 saturated carbocycles. The SMILES string of the molecule is O=C(NCCO)c1cc2sccc2n1Cc1ccccc1. The van der Waals surface area contributed by atoms with Crippen molar-refractivity contribution in [2.45, 2.75) is 6.54 Å². The zero-order chi connectivity index (χ0) is 14.7. The minimum Gasteiger partial charge on any atom is -0.395 e. The van der Waals surface area contributed by atoms with Crippen molar-refractivity contribution in [3.05, 3.63) is 59.1 Å². The van der Waals surface area contributed by atoms with Crippen molar-refractivity contribution in [1.29, 1.82) is 0 Å². The average molecular weight is 300 g/mol. The largest absolute Gasteiger partial charge is 0.395 e. The van der Waals surface area contributed by atoms with Crippen LogP contribution >= 0.6 is 11.3 Å². The van der Waals surface area contributed by atoms with Crippen LogP contribution in [0.25, 0.3) is 10.2 Å². The van der Waals surface area contributed by atoms with E-state index in [0.717, 1.165) is 15.8 Å². The van der Waals surface area contributed by atoms with E-state index in [1.807, 2.05) is 52.4 Å². The van der Waals surface area contributed by atoms with E-state index in [2.05, 4.69) is 5.32 Å². The Bertz CT molecular complexity index is 746. The van der Waals surface area contributed by atoms with Crippen LogP contribution < -0.4 is 5.32 Å². The van der Waals surface area contributed by atoms with Gasteiger partial charge in [0.2, 0.25) is 0 Å². The molecular weight excluding hydrogens is 284 g/mol. The molecule has 0 aliphatic heterocycles. The smallest absolute Gasteiger partial charge is 0.268 e. The van der Waals surface area contributed by atoms with Gasteiger partial charge in [-0.05, 0) is 23.1 Å². The Hall–Kier alpha value is -2.11. The molecule has 1 aromatic carbocycles. The number of aromatic nitrogens is 1. The Balaban J connectivity index is 1.98. The highest BCUT2D eigenvalue weighted by molar-refractivity contribution is 7.17. The van der Waals surface area contributed by atoms with Crippen molar-refractivity contribution in [1.82, 2.24) is 9.88 Å². The number of fused-ring (bicyclic) bond motifs is 1. The molecule has 0 bridgehead atoms. The average Bonchev–Trinajstić information content (AvgIpc) is 3.08. The predicted octanol–water partition coefficient (Wildman–Crippen LogP) is 2.47. The number of nitrogens with zero attached hydrogens (tertiary/aromatic N) is 1. The number of hydrogen-bond acceptors (Lipinski definition) is 3. The van der Waals surface area contributed by atoms with Crippen molar-refractivity contribution in [2.75, 3.05) is 13.2 Å². The molecule has 4 nitrogen and oxygen atoms in total. The zero-order valence-corrected chi connectivity index (χ0v) is 12.3. The molecule has 0 fully saturated rings. The van der Waals surface area contributed by atoms with E-state index in [1.54, 1.807) is 11.3 Å². The molecule has 3 aromatic rings. The van der Waals surface area contributed by atoms with Gasteiger partial charge in [0, 0.05) is 13.1 Å². The summed E-state index contributed by atoms with van der Waals surface area (Å²) < 4.78 is 3.12. The quantitative estimate of drug-likeness (QED) is 0.760. The van der Waals surface area contributed by atoms with E-state index < -0.39 is 0 Å². The summed E-state index contributed by atoms with van der Waals surface area (Å²) >= 11 is 1.62. The number of hydrogen-bond donors (Lipinski definition) is 2. The van der Waals surface area contributed by atoms with E-state index in [9.17, 15) is 4.79 Å². The van der Waals surface area contributed by atoms with Gasteiger partial charge < -0.3 is 15.0 Å². The molecule has 2 aromatic heterocycles. The van der Waals surface area contributed by atoms with Gasteiger partial charge in [-0.1, -0.05) is 30.3 Å². The monoisotopic (exact) mass is 300 g/mol. The topological polar surface area (TPSA) is 54.3 Å². The Labute approximate surface area is 126 Å². The number of benzene rings is 1. The first-order valence-corrected chi connectivity index (χ1v) is 7.67. The van der Waals surface area contributed by atoms with E-state index in [1.165, 1.54) is 0 Å². The van der Waals surface area contributed by atoms with Crippen LogP contribution in [0.5, 0.6) is 0 Å². The molecule has 21 heavy (non-hydrogen) atoms. The molecule has 0 aliphatic rings. The summed E-state index contributed by atoms with van der Waals surface area (Å²) in [6.07, 6.45) is 0. The third-order valence-electron chi connectivity index (χ3n) is 3.34. The molecule has 0 spiro atoms. The fourth-order valence-electron chi connectivity index (χ4n) is 2.36. The maximum atomic E-state index is 12.2. The van der Waals surface area contributed by atoms with Crippen LogP contribution in [0.2, 0.25) is 0 Å². The van der Waals surface area contributed by atoms with Gasteiger partial charge in [0.05, 0.1) is 16.8 Å². The summed E-state index contributed by atoms with van der Waals surface area (Å²) in [6, 6.07) is 14.0. The van der Waals surface area contributed by atoms with E-state index in [4.69, 9.17) is 5.11 Å². The third-order valence-corrected chi connectivity index (χ3v) is 4.19. The van der Waals surface area contributed by atoms with Gasteiger partial charge in [-0.3, -0.25) is 4.79 Å². The Kier molecular flexibility index (Phi) is 4.03. The number of thiophene rings is 1. The van der Waals surface area contributed by atoms with Crippen molar-refractivity contribution in [3.63, 3.8) is 0 Å². The van der Waals surface area contributed by atoms with Gasteiger partial charge in [-0.2, -0.15) is 0 Å². The van der Waals surface area contributed by atoms with E-state index >= 15 is 0 Å². The summed E-state index contributed by atoms with van der Waals surface area (Å²) in [5.74, 6) is -0.150. The van der Waals surface area contributed by atoms with Crippen LogP contribution in [0.1, 0.15) is 16.1 Å².